The van der Waals surface area contributed by atoms with Crippen LogP contribution in [-0.4, -0.2) is 5.88 Å². The fourth-order valence-electron chi connectivity index (χ4n) is 0.691. The summed E-state index contributed by atoms with van der Waals surface area (Å²) in [5.74, 6) is 6.18. The molecule has 0 amide bonds. The molecule has 0 N–H and O–H groups in total. The van der Waals surface area contributed by atoms with E-state index in [0.29, 0.717) is 5.88 Å². The molecule has 0 aliphatic heterocycles. The van der Waals surface area contributed by atoms with Crippen molar-refractivity contribution in [1.82, 2.24) is 0 Å². The van der Waals surface area contributed by atoms with E-state index in [2.05, 4.69) is 34.4 Å². The van der Waals surface area contributed by atoms with Crippen LogP contribution >= 0.6 is 34.2 Å². The predicted molar refractivity (Wildman–Crippen MR) is 56.8 cm³/mol. The monoisotopic (exact) mass is 276 g/mol. The SMILES string of the molecule is ClCC#Cc1ccccc1I. The molecule has 1 rings (SSSR count). The van der Waals surface area contributed by atoms with Gasteiger partial charge in [0.05, 0.1) is 5.88 Å². The van der Waals surface area contributed by atoms with Gasteiger partial charge in [-0.1, -0.05) is 24.0 Å². The van der Waals surface area contributed by atoms with Gasteiger partial charge in [0.2, 0.25) is 0 Å². The summed E-state index contributed by atoms with van der Waals surface area (Å²) in [5, 5.41) is 0. The van der Waals surface area contributed by atoms with Crippen molar-refractivity contribution in [3.63, 3.8) is 0 Å². The van der Waals surface area contributed by atoms with Crippen LogP contribution in [0.4, 0.5) is 0 Å². The first-order valence-electron chi connectivity index (χ1n) is 3.14. The highest BCUT2D eigenvalue weighted by Crippen LogP contribution is 2.09. The first kappa shape index (κ1) is 8.89. The Morgan fingerprint density at radius 2 is 2.09 bits per heavy atom. The van der Waals surface area contributed by atoms with Crippen LogP contribution in [0.5, 0.6) is 0 Å². The third-order valence-electron chi connectivity index (χ3n) is 1.16. The highest BCUT2D eigenvalue weighted by Gasteiger charge is 1.90. The number of halogens is 2. The molecule has 0 bridgehead atoms. The molecule has 0 fully saturated rings. The molecular formula is C9H6ClI. The molecule has 0 saturated carbocycles. The highest BCUT2D eigenvalue weighted by molar-refractivity contribution is 14.1. The van der Waals surface area contributed by atoms with Gasteiger partial charge in [-0.3, -0.25) is 0 Å². The summed E-state index contributed by atoms with van der Waals surface area (Å²) in [7, 11) is 0. The lowest BCUT2D eigenvalue weighted by Crippen LogP contribution is -1.78. The molecule has 0 spiro atoms. The van der Waals surface area contributed by atoms with Crippen molar-refractivity contribution in [2.45, 2.75) is 0 Å². The van der Waals surface area contributed by atoms with Crippen LogP contribution in [-0.2, 0) is 0 Å². The number of benzene rings is 1. The maximum Gasteiger partial charge on any atom is 0.0839 e. The van der Waals surface area contributed by atoms with Gasteiger partial charge in [0, 0.05) is 9.13 Å². The smallest absolute Gasteiger partial charge is 0.0839 e. The van der Waals surface area contributed by atoms with Crippen LogP contribution in [0.25, 0.3) is 0 Å². The molecule has 0 unspecified atom stereocenters. The van der Waals surface area contributed by atoms with E-state index in [9.17, 15) is 0 Å². The average molecular weight is 277 g/mol. The minimum atomic E-state index is 0.394. The van der Waals surface area contributed by atoms with Crippen LogP contribution in [0.15, 0.2) is 24.3 Å². The predicted octanol–water partition coefficient (Wildman–Crippen LogP) is 2.88. The maximum atomic E-state index is 5.43. The molecule has 1 aromatic carbocycles. The summed E-state index contributed by atoms with van der Waals surface area (Å²) in [6.45, 7) is 0. The van der Waals surface area contributed by atoms with Crippen LogP contribution in [0.3, 0.4) is 0 Å². The maximum absolute atomic E-state index is 5.43. The van der Waals surface area contributed by atoms with Gasteiger partial charge in [-0.05, 0) is 34.7 Å². The van der Waals surface area contributed by atoms with E-state index < -0.39 is 0 Å². The van der Waals surface area contributed by atoms with Gasteiger partial charge in [0.25, 0.3) is 0 Å². The second kappa shape index (κ2) is 4.63. The second-order valence-electron chi connectivity index (χ2n) is 1.92. The van der Waals surface area contributed by atoms with E-state index in [4.69, 9.17) is 11.6 Å². The Kier molecular flexibility index (Phi) is 3.74. The molecule has 11 heavy (non-hydrogen) atoms. The molecular weight excluding hydrogens is 270 g/mol. The molecule has 0 saturated heterocycles. The van der Waals surface area contributed by atoms with Gasteiger partial charge in [0.1, 0.15) is 0 Å². The zero-order valence-corrected chi connectivity index (χ0v) is 8.69. The molecule has 0 nitrogen and oxygen atoms in total. The Labute approximate surface area is 85.1 Å². The zero-order chi connectivity index (χ0) is 8.10. The van der Waals surface area contributed by atoms with E-state index in [1.54, 1.807) is 0 Å². The summed E-state index contributed by atoms with van der Waals surface area (Å²) >= 11 is 7.68. The molecule has 0 atom stereocenters. The third-order valence-corrected chi connectivity index (χ3v) is 2.24. The van der Waals surface area contributed by atoms with E-state index in [1.165, 1.54) is 3.57 Å². The van der Waals surface area contributed by atoms with Crippen LogP contribution in [0.2, 0.25) is 0 Å². The zero-order valence-electron chi connectivity index (χ0n) is 5.77. The van der Waals surface area contributed by atoms with Crippen molar-refractivity contribution in [3.8, 4) is 11.8 Å². The van der Waals surface area contributed by atoms with Crippen molar-refractivity contribution in [2.75, 3.05) is 5.88 Å². The average Bonchev–Trinajstić information content (AvgIpc) is 2.03. The lowest BCUT2D eigenvalue weighted by Gasteiger charge is -1.91. The first-order chi connectivity index (χ1) is 5.34. The van der Waals surface area contributed by atoms with Gasteiger partial charge >= 0.3 is 0 Å². The van der Waals surface area contributed by atoms with E-state index in [0.717, 1.165) is 5.56 Å². The third kappa shape index (κ3) is 2.72. The highest BCUT2D eigenvalue weighted by atomic mass is 127. The van der Waals surface area contributed by atoms with E-state index in [1.807, 2.05) is 24.3 Å². The van der Waals surface area contributed by atoms with Gasteiger partial charge < -0.3 is 0 Å². The number of rotatable bonds is 0. The summed E-state index contributed by atoms with van der Waals surface area (Å²) < 4.78 is 1.17. The first-order valence-corrected chi connectivity index (χ1v) is 4.75. The molecule has 2 heteroatoms. The van der Waals surface area contributed by atoms with Crippen molar-refractivity contribution >= 4 is 34.2 Å². The minimum absolute atomic E-state index is 0.394. The van der Waals surface area contributed by atoms with Gasteiger partial charge in [-0.25, -0.2) is 0 Å². The standard InChI is InChI=1S/C9H6ClI/c10-7-3-5-8-4-1-2-6-9(8)11/h1-2,4,6H,7H2. The number of alkyl halides is 1. The van der Waals surface area contributed by atoms with Crippen LogP contribution in [0.1, 0.15) is 5.56 Å². The Hall–Kier alpha value is -0.200. The topological polar surface area (TPSA) is 0 Å². The van der Waals surface area contributed by atoms with Gasteiger partial charge in [-0.2, -0.15) is 0 Å². The summed E-state index contributed by atoms with van der Waals surface area (Å²) in [4.78, 5) is 0. The van der Waals surface area contributed by atoms with Crippen molar-refractivity contribution in [1.29, 1.82) is 0 Å². The van der Waals surface area contributed by atoms with Gasteiger partial charge in [0.15, 0.2) is 0 Å². The molecule has 0 aliphatic carbocycles. The summed E-state index contributed by atoms with van der Waals surface area (Å²) in [6.07, 6.45) is 0. The number of hydrogen-bond donors (Lipinski definition) is 0. The largest absolute Gasteiger partial charge is 0.113 e. The minimum Gasteiger partial charge on any atom is -0.113 e. The van der Waals surface area contributed by atoms with Crippen molar-refractivity contribution in [2.24, 2.45) is 0 Å². The van der Waals surface area contributed by atoms with E-state index >= 15 is 0 Å². The molecule has 0 aromatic heterocycles. The fraction of sp³-hybridized carbons (Fsp3) is 0.111. The lowest BCUT2D eigenvalue weighted by molar-refractivity contribution is 1.58. The Balaban J connectivity index is 2.95. The quantitative estimate of drug-likeness (QED) is 0.388. The van der Waals surface area contributed by atoms with Crippen molar-refractivity contribution < 1.29 is 0 Å². The summed E-state index contributed by atoms with van der Waals surface area (Å²) in [5.41, 5.74) is 1.05. The second-order valence-corrected chi connectivity index (χ2v) is 3.34. The van der Waals surface area contributed by atoms with Crippen LogP contribution < -0.4 is 0 Å². The molecule has 0 aliphatic rings. The normalized spacial score (nSPS) is 8.55. The Morgan fingerprint density at radius 1 is 1.36 bits per heavy atom. The molecule has 0 heterocycles. The summed E-state index contributed by atoms with van der Waals surface area (Å²) in [6, 6.07) is 7.98. The molecule has 0 radical (unpaired) electrons. The molecule has 56 valence electrons. The van der Waals surface area contributed by atoms with Gasteiger partial charge in [-0.15, -0.1) is 11.6 Å². The van der Waals surface area contributed by atoms with Crippen LogP contribution in [0, 0.1) is 15.4 Å². The van der Waals surface area contributed by atoms with E-state index in [-0.39, 0.29) is 0 Å². The Bertz CT molecular complexity index is 296. The fourth-order valence-corrected chi connectivity index (χ4v) is 1.28. The van der Waals surface area contributed by atoms with Crippen molar-refractivity contribution in [3.05, 3.63) is 33.4 Å². The number of hydrogen-bond acceptors (Lipinski definition) is 0. The molecule has 1 aromatic rings. The lowest BCUT2D eigenvalue weighted by atomic mass is 10.2. The Morgan fingerprint density at radius 3 is 2.73 bits per heavy atom.